The van der Waals surface area contributed by atoms with Crippen molar-refractivity contribution in [1.82, 2.24) is 10.2 Å². The largest absolute Gasteiger partial charge is 0.390 e. The Hall–Kier alpha value is -1.63. The van der Waals surface area contributed by atoms with E-state index in [0.717, 1.165) is 11.3 Å². The molecule has 0 aliphatic carbocycles. The standard InChI is InChI=1S/C15H23N3O3/c1-17-10-12-5-3-4-6-14(12)18(15(17)20)11-13(19)9-16-7-8-21-2/h3-6,13,16,19H,7-11H2,1-2H3. The lowest BCUT2D eigenvalue weighted by Crippen LogP contribution is -2.49. The van der Waals surface area contributed by atoms with Crippen LogP contribution in [0.25, 0.3) is 0 Å². The van der Waals surface area contributed by atoms with Gasteiger partial charge in [0, 0.05) is 33.8 Å². The lowest BCUT2D eigenvalue weighted by molar-refractivity contribution is 0.159. The van der Waals surface area contributed by atoms with Crippen molar-refractivity contribution in [1.29, 1.82) is 0 Å². The topological polar surface area (TPSA) is 65.0 Å². The van der Waals surface area contributed by atoms with Gasteiger partial charge < -0.3 is 20.1 Å². The summed E-state index contributed by atoms with van der Waals surface area (Å²) in [5, 5.41) is 13.2. The van der Waals surface area contributed by atoms with Crippen molar-refractivity contribution in [2.45, 2.75) is 12.6 Å². The molecule has 6 heteroatoms. The van der Waals surface area contributed by atoms with Gasteiger partial charge in [0.15, 0.2) is 0 Å². The van der Waals surface area contributed by atoms with Crippen LogP contribution in [-0.2, 0) is 11.3 Å². The Balaban J connectivity index is 1.99. The molecule has 0 bridgehead atoms. The third kappa shape index (κ3) is 3.93. The van der Waals surface area contributed by atoms with Gasteiger partial charge in [0.1, 0.15) is 0 Å². The number of aliphatic hydroxyl groups is 1. The number of aliphatic hydroxyl groups excluding tert-OH is 1. The van der Waals surface area contributed by atoms with Gasteiger partial charge in [-0.2, -0.15) is 0 Å². The third-order valence-electron chi connectivity index (χ3n) is 3.50. The Bertz CT molecular complexity index is 481. The smallest absolute Gasteiger partial charge is 0.324 e. The normalized spacial score (nSPS) is 16.0. The van der Waals surface area contributed by atoms with Gasteiger partial charge >= 0.3 is 6.03 Å². The van der Waals surface area contributed by atoms with Crippen LogP contribution in [0.2, 0.25) is 0 Å². The first-order valence-electron chi connectivity index (χ1n) is 7.11. The number of hydrogen-bond donors (Lipinski definition) is 2. The summed E-state index contributed by atoms with van der Waals surface area (Å²) in [6, 6.07) is 7.72. The summed E-state index contributed by atoms with van der Waals surface area (Å²) in [6.07, 6.45) is -0.620. The Morgan fingerprint density at radius 3 is 2.95 bits per heavy atom. The number of nitrogens with zero attached hydrogens (tertiary/aromatic N) is 2. The monoisotopic (exact) mass is 293 g/mol. The Kier molecular flexibility index (Phi) is 5.55. The number of carbonyl (C=O) groups is 1. The molecule has 0 spiro atoms. The fraction of sp³-hybridized carbons (Fsp3) is 0.533. The van der Waals surface area contributed by atoms with Crippen LogP contribution < -0.4 is 10.2 Å². The molecule has 0 fully saturated rings. The van der Waals surface area contributed by atoms with E-state index in [0.29, 0.717) is 26.2 Å². The van der Waals surface area contributed by atoms with Crippen LogP contribution in [0, 0.1) is 0 Å². The van der Waals surface area contributed by atoms with E-state index in [1.807, 2.05) is 24.3 Å². The first-order chi connectivity index (χ1) is 10.1. The molecule has 2 amide bonds. The highest BCUT2D eigenvalue weighted by atomic mass is 16.5. The van der Waals surface area contributed by atoms with Crippen molar-refractivity contribution in [2.24, 2.45) is 0 Å². The van der Waals surface area contributed by atoms with Gasteiger partial charge in [-0.25, -0.2) is 4.79 Å². The zero-order valence-corrected chi connectivity index (χ0v) is 12.6. The predicted molar refractivity (Wildman–Crippen MR) is 81.4 cm³/mol. The maximum atomic E-state index is 12.3. The zero-order valence-electron chi connectivity index (χ0n) is 12.6. The average molecular weight is 293 g/mol. The molecule has 0 saturated carbocycles. The molecule has 1 unspecified atom stereocenters. The molecule has 6 nitrogen and oxygen atoms in total. The van der Waals surface area contributed by atoms with Crippen molar-refractivity contribution in [2.75, 3.05) is 45.3 Å². The second-order valence-electron chi connectivity index (χ2n) is 5.23. The van der Waals surface area contributed by atoms with Gasteiger partial charge in [-0.1, -0.05) is 18.2 Å². The summed E-state index contributed by atoms with van der Waals surface area (Å²) in [4.78, 5) is 15.6. The van der Waals surface area contributed by atoms with E-state index in [1.54, 1.807) is 24.0 Å². The molecule has 1 aliphatic heterocycles. The maximum absolute atomic E-state index is 12.3. The quantitative estimate of drug-likeness (QED) is 0.725. The van der Waals surface area contributed by atoms with Gasteiger partial charge in [-0.15, -0.1) is 0 Å². The molecule has 0 radical (unpaired) electrons. The SMILES string of the molecule is COCCNCC(O)CN1C(=O)N(C)Cc2ccccc21. The Morgan fingerprint density at radius 2 is 2.19 bits per heavy atom. The fourth-order valence-electron chi connectivity index (χ4n) is 2.43. The van der Waals surface area contributed by atoms with E-state index < -0.39 is 6.10 Å². The van der Waals surface area contributed by atoms with Gasteiger partial charge in [0.25, 0.3) is 0 Å². The fourth-order valence-corrected chi connectivity index (χ4v) is 2.43. The van der Waals surface area contributed by atoms with E-state index >= 15 is 0 Å². The van der Waals surface area contributed by atoms with Crippen LogP contribution in [0.5, 0.6) is 0 Å². The van der Waals surface area contributed by atoms with E-state index in [4.69, 9.17) is 4.74 Å². The molecule has 1 aliphatic rings. The second-order valence-corrected chi connectivity index (χ2v) is 5.23. The number of benzene rings is 1. The number of nitrogens with one attached hydrogen (secondary N) is 1. The Labute approximate surface area is 125 Å². The number of urea groups is 1. The summed E-state index contributed by atoms with van der Waals surface area (Å²) in [7, 11) is 3.41. The minimum Gasteiger partial charge on any atom is -0.390 e. The van der Waals surface area contributed by atoms with E-state index in [1.165, 1.54) is 0 Å². The molecule has 1 heterocycles. The predicted octanol–water partition coefficient (Wildman–Crippen LogP) is 0.655. The number of para-hydroxylation sites is 1. The molecule has 0 aromatic heterocycles. The molecule has 2 rings (SSSR count). The van der Waals surface area contributed by atoms with Crippen molar-refractivity contribution in [3.05, 3.63) is 29.8 Å². The molecule has 1 atom stereocenters. The highest BCUT2D eigenvalue weighted by molar-refractivity contribution is 5.94. The summed E-state index contributed by atoms with van der Waals surface area (Å²) >= 11 is 0. The van der Waals surface area contributed by atoms with Gasteiger partial charge in [0.05, 0.1) is 24.9 Å². The number of ether oxygens (including phenoxy) is 1. The minimum absolute atomic E-state index is 0.0790. The summed E-state index contributed by atoms with van der Waals surface area (Å²) in [5.41, 5.74) is 1.98. The molecule has 21 heavy (non-hydrogen) atoms. The number of rotatable bonds is 7. The van der Waals surface area contributed by atoms with Gasteiger partial charge in [0.2, 0.25) is 0 Å². The number of β-amino-alcohol motifs (C(OH)–C–C–N with tert-alkyl or cyclic N) is 1. The first kappa shape index (κ1) is 15.8. The molecule has 1 aromatic rings. The average Bonchev–Trinajstić information content (AvgIpc) is 2.48. The van der Waals surface area contributed by atoms with Gasteiger partial charge in [-0.05, 0) is 11.6 Å². The summed E-state index contributed by atoms with van der Waals surface area (Å²) in [6.45, 7) is 2.59. The highest BCUT2D eigenvalue weighted by Gasteiger charge is 2.28. The van der Waals surface area contributed by atoms with E-state index in [9.17, 15) is 9.90 Å². The number of amides is 2. The summed E-state index contributed by atoms with van der Waals surface area (Å²) in [5.74, 6) is 0. The maximum Gasteiger partial charge on any atom is 0.324 e. The summed E-state index contributed by atoms with van der Waals surface area (Å²) < 4.78 is 4.94. The van der Waals surface area contributed by atoms with Crippen molar-refractivity contribution in [3.63, 3.8) is 0 Å². The van der Waals surface area contributed by atoms with Crippen LogP contribution in [-0.4, -0.2) is 62.5 Å². The molecule has 116 valence electrons. The lowest BCUT2D eigenvalue weighted by Gasteiger charge is -2.36. The molecule has 2 N–H and O–H groups in total. The number of fused-ring (bicyclic) bond motifs is 1. The highest BCUT2D eigenvalue weighted by Crippen LogP contribution is 2.27. The number of methoxy groups -OCH3 is 1. The van der Waals surface area contributed by atoms with E-state index in [2.05, 4.69) is 5.32 Å². The van der Waals surface area contributed by atoms with Crippen molar-refractivity contribution in [3.8, 4) is 0 Å². The van der Waals surface area contributed by atoms with Crippen molar-refractivity contribution < 1.29 is 14.6 Å². The van der Waals surface area contributed by atoms with Gasteiger partial charge in [-0.3, -0.25) is 4.90 Å². The second kappa shape index (κ2) is 7.40. The first-order valence-corrected chi connectivity index (χ1v) is 7.11. The minimum atomic E-state index is -0.620. The van der Waals surface area contributed by atoms with Crippen LogP contribution in [0.15, 0.2) is 24.3 Å². The third-order valence-corrected chi connectivity index (χ3v) is 3.50. The van der Waals surface area contributed by atoms with Crippen molar-refractivity contribution >= 4 is 11.7 Å². The molecular formula is C15H23N3O3. The molecule has 1 aromatic carbocycles. The van der Waals surface area contributed by atoms with Crippen LogP contribution in [0.3, 0.4) is 0 Å². The lowest BCUT2D eigenvalue weighted by atomic mass is 10.1. The molecular weight excluding hydrogens is 270 g/mol. The van der Waals surface area contributed by atoms with Crippen LogP contribution >= 0.6 is 0 Å². The number of hydrogen-bond acceptors (Lipinski definition) is 4. The van der Waals surface area contributed by atoms with Crippen LogP contribution in [0.4, 0.5) is 10.5 Å². The van der Waals surface area contributed by atoms with E-state index in [-0.39, 0.29) is 12.6 Å². The zero-order chi connectivity index (χ0) is 15.2. The Morgan fingerprint density at radius 1 is 1.43 bits per heavy atom. The number of anilines is 1. The van der Waals surface area contributed by atoms with Crippen LogP contribution in [0.1, 0.15) is 5.56 Å². The number of carbonyl (C=O) groups excluding carboxylic acids is 1. The molecule has 0 saturated heterocycles.